The minimum atomic E-state index is 0.200. The Kier molecular flexibility index (Phi) is 4.83. The van der Waals surface area contributed by atoms with Gasteiger partial charge in [-0.05, 0) is 37.1 Å². The molecule has 1 amide bonds. The minimum absolute atomic E-state index is 0.200. The number of carbonyl (C=O) groups excluding carboxylic acids is 1. The zero-order valence-electron chi connectivity index (χ0n) is 12.5. The van der Waals surface area contributed by atoms with Crippen LogP contribution >= 0.6 is 0 Å². The molecule has 0 spiro atoms. The largest absolute Gasteiger partial charge is 0.340 e. The number of hydrogen-bond donors (Lipinski definition) is 1. The highest BCUT2D eigenvalue weighted by molar-refractivity contribution is 5.79. The molecule has 21 heavy (non-hydrogen) atoms. The van der Waals surface area contributed by atoms with Crippen LogP contribution in [0.15, 0.2) is 24.5 Å². The molecule has 2 saturated heterocycles. The molecule has 114 valence electrons. The van der Waals surface area contributed by atoms with Gasteiger partial charge in [0.1, 0.15) is 0 Å². The third kappa shape index (κ3) is 3.80. The van der Waals surface area contributed by atoms with Crippen molar-refractivity contribution in [2.45, 2.75) is 19.4 Å². The molecule has 2 fully saturated rings. The van der Waals surface area contributed by atoms with Gasteiger partial charge in [-0.25, -0.2) is 0 Å². The Balaban J connectivity index is 1.47. The summed E-state index contributed by atoms with van der Waals surface area (Å²) < 4.78 is 0. The fourth-order valence-electron chi connectivity index (χ4n) is 3.19. The van der Waals surface area contributed by atoms with Crippen LogP contribution in [0.2, 0.25) is 0 Å². The predicted octanol–water partition coefficient (Wildman–Crippen LogP) is 0.725. The number of piperazine rings is 1. The highest BCUT2D eigenvalue weighted by Gasteiger charge is 2.28. The number of rotatable bonds is 3. The van der Waals surface area contributed by atoms with E-state index in [0.29, 0.717) is 5.91 Å². The Labute approximate surface area is 126 Å². The maximum Gasteiger partial charge on any atom is 0.227 e. The monoisotopic (exact) mass is 288 g/mol. The maximum absolute atomic E-state index is 12.5. The van der Waals surface area contributed by atoms with Gasteiger partial charge in [0.2, 0.25) is 5.91 Å². The first-order chi connectivity index (χ1) is 10.3. The van der Waals surface area contributed by atoms with Crippen molar-refractivity contribution in [1.29, 1.82) is 0 Å². The van der Waals surface area contributed by atoms with Crippen molar-refractivity contribution < 1.29 is 4.79 Å². The zero-order chi connectivity index (χ0) is 14.5. The Morgan fingerprint density at radius 1 is 1.24 bits per heavy atom. The predicted molar refractivity (Wildman–Crippen MR) is 81.7 cm³/mol. The van der Waals surface area contributed by atoms with E-state index in [2.05, 4.69) is 32.2 Å². The molecular weight excluding hydrogens is 264 g/mol. The number of pyridine rings is 1. The van der Waals surface area contributed by atoms with Crippen molar-refractivity contribution in [3.63, 3.8) is 0 Å². The van der Waals surface area contributed by atoms with Crippen molar-refractivity contribution in [2.75, 3.05) is 39.3 Å². The standard InChI is InChI=1S/C16H24N4O/c21-16(15-2-1-5-18-12-15)20-10-8-19(9-11-20)13-14-3-6-17-7-4-14/h3-4,6-7,15,18H,1-2,5,8-13H2/t15-/m0/s1. The molecule has 2 aliphatic rings. The van der Waals surface area contributed by atoms with Gasteiger partial charge in [0.05, 0.1) is 5.92 Å². The molecule has 0 unspecified atom stereocenters. The molecule has 0 radical (unpaired) electrons. The van der Waals surface area contributed by atoms with Crippen molar-refractivity contribution in [3.05, 3.63) is 30.1 Å². The van der Waals surface area contributed by atoms with Crippen molar-refractivity contribution in [1.82, 2.24) is 20.1 Å². The smallest absolute Gasteiger partial charge is 0.227 e. The van der Waals surface area contributed by atoms with E-state index < -0.39 is 0 Å². The highest BCUT2D eigenvalue weighted by atomic mass is 16.2. The number of amides is 1. The maximum atomic E-state index is 12.5. The van der Waals surface area contributed by atoms with E-state index in [-0.39, 0.29) is 5.92 Å². The Morgan fingerprint density at radius 2 is 2.00 bits per heavy atom. The van der Waals surface area contributed by atoms with Crippen LogP contribution in [0.5, 0.6) is 0 Å². The number of nitrogens with one attached hydrogen (secondary N) is 1. The molecule has 1 atom stereocenters. The summed E-state index contributed by atoms with van der Waals surface area (Å²) in [7, 11) is 0. The van der Waals surface area contributed by atoms with Crippen LogP contribution in [0.25, 0.3) is 0 Å². The molecule has 0 saturated carbocycles. The number of carbonyl (C=O) groups is 1. The lowest BCUT2D eigenvalue weighted by molar-refractivity contribution is -0.137. The van der Waals surface area contributed by atoms with Crippen LogP contribution in [0.4, 0.5) is 0 Å². The Bertz CT molecular complexity index is 451. The van der Waals surface area contributed by atoms with Crippen molar-refractivity contribution in [3.8, 4) is 0 Å². The quantitative estimate of drug-likeness (QED) is 0.890. The molecule has 2 aliphatic heterocycles. The Hall–Kier alpha value is -1.46. The summed E-state index contributed by atoms with van der Waals surface area (Å²) in [5.74, 6) is 0.552. The second-order valence-corrected chi connectivity index (χ2v) is 6.00. The summed E-state index contributed by atoms with van der Waals surface area (Å²) in [4.78, 5) is 21.0. The van der Waals surface area contributed by atoms with Crippen LogP contribution in [-0.2, 0) is 11.3 Å². The third-order valence-electron chi connectivity index (χ3n) is 4.49. The van der Waals surface area contributed by atoms with Gasteiger partial charge in [0.25, 0.3) is 0 Å². The second-order valence-electron chi connectivity index (χ2n) is 6.00. The van der Waals surface area contributed by atoms with Crippen molar-refractivity contribution >= 4 is 5.91 Å². The topological polar surface area (TPSA) is 48.5 Å². The molecule has 1 aromatic heterocycles. The molecule has 1 N–H and O–H groups in total. The first-order valence-corrected chi connectivity index (χ1v) is 7.94. The van der Waals surface area contributed by atoms with Crippen LogP contribution in [0, 0.1) is 5.92 Å². The van der Waals surface area contributed by atoms with Crippen LogP contribution in [0.1, 0.15) is 18.4 Å². The molecule has 5 nitrogen and oxygen atoms in total. The summed E-state index contributed by atoms with van der Waals surface area (Å²) in [6, 6.07) is 4.12. The first-order valence-electron chi connectivity index (χ1n) is 7.94. The van der Waals surface area contributed by atoms with E-state index in [1.54, 1.807) is 0 Å². The molecule has 0 aromatic carbocycles. The van der Waals surface area contributed by atoms with Crippen LogP contribution in [-0.4, -0.2) is 60.0 Å². The van der Waals surface area contributed by atoms with Gasteiger partial charge in [-0.1, -0.05) is 0 Å². The van der Waals surface area contributed by atoms with E-state index in [4.69, 9.17) is 0 Å². The summed E-state index contributed by atoms with van der Waals surface area (Å²) in [6.07, 6.45) is 5.85. The van der Waals surface area contributed by atoms with E-state index in [1.807, 2.05) is 12.4 Å². The van der Waals surface area contributed by atoms with Crippen molar-refractivity contribution in [2.24, 2.45) is 5.92 Å². The average Bonchev–Trinajstić information content (AvgIpc) is 2.57. The molecule has 0 aliphatic carbocycles. The lowest BCUT2D eigenvalue weighted by atomic mass is 9.98. The summed E-state index contributed by atoms with van der Waals surface area (Å²) in [6.45, 7) is 6.53. The number of piperidine rings is 1. The molecular formula is C16H24N4O. The van der Waals surface area contributed by atoms with Crippen LogP contribution < -0.4 is 5.32 Å². The molecule has 1 aromatic rings. The van der Waals surface area contributed by atoms with Gasteiger partial charge in [-0.15, -0.1) is 0 Å². The normalized spacial score (nSPS) is 24.0. The van der Waals surface area contributed by atoms with Gasteiger partial charge in [0.15, 0.2) is 0 Å². The van der Waals surface area contributed by atoms with Gasteiger partial charge in [-0.2, -0.15) is 0 Å². The third-order valence-corrected chi connectivity index (χ3v) is 4.49. The van der Waals surface area contributed by atoms with E-state index >= 15 is 0 Å². The van der Waals surface area contributed by atoms with Gasteiger partial charge in [0, 0.05) is 51.7 Å². The van der Waals surface area contributed by atoms with Gasteiger partial charge < -0.3 is 10.2 Å². The first kappa shape index (κ1) is 14.5. The minimum Gasteiger partial charge on any atom is -0.340 e. The van der Waals surface area contributed by atoms with Gasteiger partial charge in [-0.3, -0.25) is 14.7 Å². The lowest BCUT2D eigenvalue weighted by Crippen LogP contribution is -2.51. The molecule has 3 heterocycles. The average molecular weight is 288 g/mol. The number of aromatic nitrogens is 1. The SMILES string of the molecule is O=C([C@H]1CCCNC1)N1CCN(Cc2ccncc2)CC1. The molecule has 0 bridgehead atoms. The fourth-order valence-corrected chi connectivity index (χ4v) is 3.19. The van der Waals surface area contributed by atoms with E-state index in [1.165, 1.54) is 5.56 Å². The highest BCUT2D eigenvalue weighted by Crippen LogP contribution is 2.15. The molecule has 5 heteroatoms. The van der Waals surface area contributed by atoms with Gasteiger partial charge >= 0.3 is 0 Å². The second kappa shape index (κ2) is 7.00. The number of hydrogen-bond acceptors (Lipinski definition) is 4. The van der Waals surface area contributed by atoms with Crippen LogP contribution in [0.3, 0.4) is 0 Å². The van der Waals surface area contributed by atoms with E-state index in [0.717, 1.165) is 58.7 Å². The van der Waals surface area contributed by atoms with E-state index in [9.17, 15) is 4.79 Å². The Morgan fingerprint density at radius 3 is 2.67 bits per heavy atom. The lowest BCUT2D eigenvalue weighted by Gasteiger charge is -2.37. The zero-order valence-corrected chi connectivity index (χ0v) is 12.5. The summed E-state index contributed by atoms with van der Waals surface area (Å²) in [5, 5.41) is 3.33. The molecule has 3 rings (SSSR count). The summed E-state index contributed by atoms with van der Waals surface area (Å²) in [5.41, 5.74) is 1.29. The number of nitrogens with zero attached hydrogens (tertiary/aromatic N) is 3. The fraction of sp³-hybridized carbons (Fsp3) is 0.625. The summed E-state index contributed by atoms with van der Waals surface area (Å²) >= 11 is 0.